The maximum atomic E-state index is 5.26. The first-order valence-electron chi connectivity index (χ1n) is 3.85. The van der Waals surface area contributed by atoms with Crippen molar-refractivity contribution < 1.29 is 4.74 Å². The summed E-state index contributed by atoms with van der Waals surface area (Å²) in [6.45, 7) is 2.31. The standard InChI is InChI=1S/C8H16O.2H2S/c1-7-4-3-5-8(6-7)9-2;;/h7-8H,3-6H2,1-2H3;2*1H2/t7-,8-;;/m0../s1. The smallest absolute Gasteiger partial charge is 0.0573 e. The molecule has 0 N–H and O–H groups in total. The van der Waals surface area contributed by atoms with Crippen molar-refractivity contribution in [3.05, 3.63) is 0 Å². The molecule has 70 valence electrons. The minimum absolute atomic E-state index is 0. The van der Waals surface area contributed by atoms with Gasteiger partial charge in [-0.2, -0.15) is 27.0 Å². The molecule has 2 atom stereocenters. The molecule has 0 heterocycles. The van der Waals surface area contributed by atoms with Gasteiger partial charge in [0.2, 0.25) is 0 Å². The van der Waals surface area contributed by atoms with Gasteiger partial charge in [0.1, 0.15) is 0 Å². The molecule has 0 aromatic rings. The van der Waals surface area contributed by atoms with Crippen LogP contribution in [0.4, 0.5) is 0 Å². The lowest BCUT2D eigenvalue weighted by Crippen LogP contribution is -2.19. The van der Waals surface area contributed by atoms with Crippen LogP contribution in [0.1, 0.15) is 32.6 Å². The fourth-order valence-corrected chi connectivity index (χ4v) is 1.59. The SMILES string of the molecule is CO[C@H]1CCC[C@H](C)C1.S.S. The van der Waals surface area contributed by atoms with Gasteiger partial charge in [-0.25, -0.2) is 0 Å². The van der Waals surface area contributed by atoms with Gasteiger partial charge in [0.25, 0.3) is 0 Å². The van der Waals surface area contributed by atoms with Crippen molar-refractivity contribution in [3.63, 3.8) is 0 Å². The first-order valence-corrected chi connectivity index (χ1v) is 3.85. The average Bonchev–Trinajstić information content (AvgIpc) is 1.88. The Bertz CT molecular complexity index is 88.2. The molecule has 0 amide bonds. The van der Waals surface area contributed by atoms with Crippen LogP contribution in [0.5, 0.6) is 0 Å². The van der Waals surface area contributed by atoms with Gasteiger partial charge in [-0.3, -0.25) is 0 Å². The molecule has 1 fully saturated rings. The van der Waals surface area contributed by atoms with E-state index in [1.807, 2.05) is 7.11 Å². The van der Waals surface area contributed by atoms with Crippen molar-refractivity contribution in [2.45, 2.75) is 38.7 Å². The van der Waals surface area contributed by atoms with Crippen LogP contribution in [0.15, 0.2) is 0 Å². The highest BCUT2D eigenvalue weighted by molar-refractivity contribution is 7.59. The summed E-state index contributed by atoms with van der Waals surface area (Å²) in [6, 6.07) is 0. The summed E-state index contributed by atoms with van der Waals surface area (Å²) in [4.78, 5) is 0. The molecule has 0 aliphatic heterocycles. The second-order valence-electron chi connectivity index (χ2n) is 3.13. The van der Waals surface area contributed by atoms with Crippen LogP contribution >= 0.6 is 27.0 Å². The Hall–Kier alpha value is 0.660. The highest BCUT2D eigenvalue weighted by atomic mass is 32.1. The van der Waals surface area contributed by atoms with E-state index >= 15 is 0 Å². The van der Waals surface area contributed by atoms with Crippen LogP contribution in [0, 0.1) is 5.92 Å². The zero-order chi connectivity index (χ0) is 6.69. The monoisotopic (exact) mass is 196 g/mol. The van der Waals surface area contributed by atoms with E-state index in [1.165, 1.54) is 25.7 Å². The molecule has 0 aromatic heterocycles. The number of hydrogen-bond acceptors (Lipinski definition) is 1. The number of ether oxygens (including phenoxy) is 1. The minimum atomic E-state index is 0. The third-order valence-corrected chi connectivity index (χ3v) is 2.22. The molecule has 3 heteroatoms. The van der Waals surface area contributed by atoms with Gasteiger partial charge in [-0.05, 0) is 18.8 Å². The van der Waals surface area contributed by atoms with Crippen LogP contribution in [-0.4, -0.2) is 13.2 Å². The number of hydrogen-bond donors (Lipinski definition) is 0. The molecular formula is C8H20OS2. The number of methoxy groups -OCH3 is 1. The van der Waals surface area contributed by atoms with Gasteiger partial charge in [-0.15, -0.1) is 0 Å². The van der Waals surface area contributed by atoms with E-state index in [4.69, 9.17) is 4.74 Å². The van der Waals surface area contributed by atoms with Crippen molar-refractivity contribution >= 4 is 27.0 Å². The van der Waals surface area contributed by atoms with E-state index in [9.17, 15) is 0 Å². The Morgan fingerprint density at radius 3 is 2.18 bits per heavy atom. The van der Waals surface area contributed by atoms with Crippen LogP contribution in [0.2, 0.25) is 0 Å². The highest BCUT2D eigenvalue weighted by Crippen LogP contribution is 2.24. The highest BCUT2D eigenvalue weighted by Gasteiger charge is 2.17. The Balaban J connectivity index is 0. The predicted molar refractivity (Wildman–Crippen MR) is 59.2 cm³/mol. The summed E-state index contributed by atoms with van der Waals surface area (Å²) in [6.07, 6.45) is 5.88. The van der Waals surface area contributed by atoms with Crippen LogP contribution in [0.3, 0.4) is 0 Å². The maximum absolute atomic E-state index is 5.26. The van der Waals surface area contributed by atoms with Crippen molar-refractivity contribution in [2.75, 3.05) is 7.11 Å². The Morgan fingerprint density at radius 2 is 1.82 bits per heavy atom. The molecule has 0 aromatic carbocycles. The van der Waals surface area contributed by atoms with E-state index in [2.05, 4.69) is 6.92 Å². The molecule has 11 heavy (non-hydrogen) atoms. The second-order valence-corrected chi connectivity index (χ2v) is 3.13. The summed E-state index contributed by atoms with van der Waals surface area (Å²) in [5.41, 5.74) is 0. The maximum Gasteiger partial charge on any atom is 0.0573 e. The molecular weight excluding hydrogens is 176 g/mol. The first-order chi connectivity index (χ1) is 4.33. The third kappa shape index (κ3) is 4.99. The van der Waals surface area contributed by atoms with E-state index in [-0.39, 0.29) is 27.0 Å². The minimum Gasteiger partial charge on any atom is -0.381 e. The van der Waals surface area contributed by atoms with Crippen molar-refractivity contribution in [3.8, 4) is 0 Å². The van der Waals surface area contributed by atoms with Gasteiger partial charge in [0.15, 0.2) is 0 Å². The zero-order valence-electron chi connectivity index (χ0n) is 7.39. The van der Waals surface area contributed by atoms with Crippen molar-refractivity contribution in [1.82, 2.24) is 0 Å². The van der Waals surface area contributed by atoms with Gasteiger partial charge >= 0.3 is 0 Å². The van der Waals surface area contributed by atoms with E-state index in [0.29, 0.717) is 6.10 Å². The largest absolute Gasteiger partial charge is 0.381 e. The van der Waals surface area contributed by atoms with E-state index in [1.54, 1.807) is 0 Å². The first kappa shape index (κ1) is 14.2. The second kappa shape index (κ2) is 7.32. The normalized spacial score (nSPS) is 30.0. The summed E-state index contributed by atoms with van der Waals surface area (Å²) in [5, 5.41) is 0. The predicted octanol–water partition coefficient (Wildman–Crippen LogP) is 2.44. The van der Waals surface area contributed by atoms with Crippen LogP contribution in [-0.2, 0) is 4.74 Å². The lowest BCUT2D eigenvalue weighted by atomic mass is 9.89. The fraction of sp³-hybridized carbons (Fsp3) is 1.00. The summed E-state index contributed by atoms with van der Waals surface area (Å²) in [7, 11) is 1.82. The Morgan fingerprint density at radius 1 is 1.18 bits per heavy atom. The zero-order valence-corrected chi connectivity index (χ0v) is 9.39. The molecule has 0 bridgehead atoms. The number of rotatable bonds is 1. The molecule has 1 aliphatic rings. The van der Waals surface area contributed by atoms with Crippen LogP contribution < -0.4 is 0 Å². The van der Waals surface area contributed by atoms with Gasteiger partial charge in [0, 0.05) is 7.11 Å². The summed E-state index contributed by atoms with van der Waals surface area (Å²) >= 11 is 0. The van der Waals surface area contributed by atoms with E-state index < -0.39 is 0 Å². The van der Waals surface area contributed by atoms with Gasteiger partial charge in [-0.1, -0.05) is 19.8 Å². The summed E-state index contributed by atoms with van der Waals surface area (Å²) in [5.74, 6) is 0.892. The Kier molecular flexibility index (Phi) is 9.44. The fourth-order valence-electron chi connectivity index (χ4n) is 1.59. The molecule has 1 saturated carbocycles. The summed E-state index contributed by atoms with van der Waals surface area (Å²) < 4.78 is 5.26. The molecule has 1 nitrogen and oxygen atoms in total. The molecule has 0 saturated heterocycles. The molecule has 0 unspecified atom stereocenters. The van der Waals surface area contributed by atoms with Crippen LogP contribution in [0.25, 0.3) is 0 Å². The quantitative estimate of drug-likeness (QED) is 0.626. The molecule has 1 rings (SSSR count). The molecule has 1 aliphatic carbocycles. The average molecular weight is 196 g/mol. The van der Waals surface area contributed by atoms with Gasteiger partial charge < -0.3 is 4.74 Å². The van der Waals surface area contributed by atoms with Gasteiger partial charge in [0.05, 0.1) is 6.10 Å². The molecule has 0 spiro atoms. The lowest BCUT2D eigenvalue weighted by molar-refractivity contribution is 0.0542. The van der Waals surface area contributed by atoms with E-state index in [0.717, 1.165) is 5.92 Å². The topological polar surface area (TPSA) is 9.23 Å². The van der Waals surface area contributed by atoms with Crippen molar-refractivity contribution in [2.24, 2.45) is 5.92 Å². The lowest BCUT2D eigenvalue weighted by Gasteiger charge is -2.25. The Labute approximate surface area is 83.8 Å². The third-order valence-electron chi connectivity index (χ3n) is 2.22. The molecule has 0 radical (unpaired) electrons. The van der Waals surface area contributed by atoms with Crippen molar-refractivity contribution in [1.29, 1.82) is 0 Å².